The lowest BCUT2D eigenvalue weighted by Gasteiger charge is -2.22. The Balaban J connectivity index is 2.63. The van der Waals surface area contributed by atoms with Crippen LogP contribution in [0.15, 0.2) is 5.10 Å². The van der Waals surface area contributed by atoms with Gasteiger partial charge in [-0.15, -0.1) is 0 Å². The monoisotopic (exact) mass is 195 g/mol. The smallest absolute Gasteiger partial charge is 0.332 e. The van der Waals surface area contributed by atoms with E-state index in [9.17, 15) is 13.2 Å². The molecule has 0 spiro atoms. The van der Waals surface area contributed by atoms with Gasteiger partial charge in [-0.05, 0) is 5.92 Å². The minimum absolute atomic E-state index is 0.146. The SMILES string of the molecule is CC(C)CN1CNN=C1C(F)(F)F. The molecular weight excluding hydrogens is 183 g/mol. The minimum Gasteiger partial charge on any atom is -0.332 e. The summed E-state index contributed by atoms with van der Waals surface area (Å²) in [6.45, 7) is 4.25. The van der Waals surface area contributed by atoms with Crippen molar-refractivity contribution in [1.29, 1.82) is 0 Å². The lowest BCUT2D eigenvalue weighted by molar-refractivity contribution is -0.0676. The Kier molecular flexibility index (Phi) is 2.68. The zero-order chi connectivity index (χ0) is 10.1. The van der Waals surface area contributed by atoms with Crippen molar-refractivity contribution in [3.8, 4) is 0 Å². The number of alkyl halides is 3. The van der Waals surface area contributed by atoms with Gasteiger partial charge in [0.05, 0.1) is 0 Å². The molecule has 0 atom stereocenters. The van der Waals surface area contributed by atoms with Gasteiger partial charge in [-0.3, -0.25) is 5.43 Å². The van der Waals surface area contributed by atoms with E-state index in [0.717, 1.165) is 0 Å². The summed E-state index contributed by atoms with van der Waals surface area (Å²) >= 11 is 0. The van der Waals surface area contributed by atoms with E-state index in [1.54, 1.807) is 0 Å². The summed E-state index contributed by atoms with van der Waals surface area (Å²) in [6.07, 6.45) is -4.35. The average molecular weight is 195 g/mol. The molecule has 1 rings (SSSR count). The van der Waals surface area contributed by atoms with Gasteiger partial charge in [0.25, 0.3) is 0 Å². The fourth-order valence-corrected chi connectivity index (χ4v) is 1.18. The van der Waals surface area contributed by atoms with Gasteiger partial charge in [-0.1, -0.05) is 13.8 Å². The third-order valence-corrected chi connectivity index (χ3v) is 1.59. The second-order valence-corrected chi connectivity index (χ2v) is 3.37. The molecule has 0 amide bonds. The van der Waals surface area contributed by atoms with Crippen LogP contribution in [0.25, 0.3) is 0 Å². The van der Waals surface area contributed by atoms with Gasteiger partial charge >= 0.3 is 6.18 Å². The fourth-order valence-electron chi connectivity index (χ4n) is 1.18. The fraction of sp³-hybridized carbons (Fsp3) is 0.857. The molecule has 0 radical (unpaired) electrons. The van der Waals surface area contributed by atoms with Crippen LogP contribution >= 0.6 is 0 Å². The molecule has 0 saturated carbocycles. The van der Waals surface area contributed by atoms with E-state index in [1.807, 2.05) is 13.8 Å². The van der Waals surface area contributed by atoms with Gasteiger partial charge in [0, 0.05) is 6.54 Å². The number of hydrogen-bond donors (Lipinski definition) is 1. The first-order valence-electron chi connectivity index (χ1n) is 4.04. The number of halogens is 3. The predicted octanol–water partition coefficient (Wildman–Crippen LogP) is 1.38. The summed E-state index contributed by atoms with van der Waals surface area (Å²) < 4.78 is 36.7. The normalized spacial score (nSPS) is 17.7. The molecule has 1 aliphatic heterocycles. The number of hydrazone groups is 1. The molecule has 76 valence electrons. The Morgan fingerprint density at radius 3 is 2.62 bits per heavy atom. The van der Waals surface area contributed by atoms with Crippen molar-refractivity contribution in [2.24, 2.45) is 11.0 Å². The molecule has 0 aromatic rings. The molecule has 0 unspecified atom stereocenters. The van der Waals surface area contributed by atoms with Gasteiger partial charge in [-0.25, -0.2) is 0 Å². The number of hydrogen-bond acceptors (Lipinski definition) is 3. The van der Waals surface area contributed by atoms with Crippen molar-refractivity contribution in [3.05, 3.63) is 0 Å². The summed E-state index contributed by atoms with van der Waals surface area (Å²) in [5.41, 5.74) is 2.33. The largest absolute Gasteiger partial charge is 0.451 e. The molecule has 0 aromatic carbocycles. The summed E-state index contributed by atoms with van der Waals surface area (Å²) in [5.74, 6) is -0.631. The quantitative estimate of drug-likeness (QED) is 0.720. The van der Waals surface area contributed by atoms with E-state index >= 15 is 0 Å². The molecule has 6 heteroatoms. The average Bonchev–Trinajstić information content (AvgIpc) is 2.31. The number of nitrogens with one attached hydrogen (secondary N) is 1. The molecule has 0 aliphatic carbocycles. The maximum absolute atomic E-state index is 12.2. The van der Waals surface area contributed by atoms with Crippen molar-refractivity contribution in [2.45, 2.75) is 20.0 Å². The van der Waals surface area contributed by atoms with E-state index in [-0.39, 0.29) is 12.6 Å². The lowest BCUT2D eigenvalue weighted by atomic mass is 10.2. The molecule has 0 aromatic heterocycles. The van der Waals surface area contributed by atoms with E-state index < -0.39 is 12.0 Å². The Morgan fingerprint density at radius 1 is 1.54 bits per heavy atom. The van der Waals surface area contributed by atoms with Crippen LogP contribution in [0.1, 0.15) is 13.8 Å². The van der Waals surface area contributed by atoms with Gasteiger partial charge < -0.3 is 4.90 Å². The molecule has 13 heavy (non-hydrogen) atoms. The second kappa shape index (κ2) is 3.43. The molecule has 1 heterocycles. The highest BCUT2D eigenvalue weighted by molar-refractivity contribution is 5.88. The molecule has 1 aliphatic rings. The molecule has 3 nitrogen and oxygen atoms in total. The summed E-state index contributed by atoms with van der Waals surface area (Å²) in [5, 5.41) is 3.21. The van der Waals surface area contributed by atoms with Crippen LogP contribution < -0.4 is 5.43 Å². The topological polar surface area (TPSA) is 27.6 Å². The first-order valence-corrected chi connectivity index (χ1v) is 4.04. The molecule has 0 fully saturated rings. The molecular formula is C7H12F3N3. The zero-order valence-electron chi connectivity index (χ0n) is 7.52. The van der Waals surface area contributed by atoms with Crippen LogP contribution in [0.2, 0.25) is 0 Å². The third-order valence-electron chi connectivity index (χ3n) is 1.59. The van der Waals surface area contributed by atoms with Crippen molar-refractivity contribution >= 4 is 5.84 Å². The summed E-state index contributed by atoms with van der Waals surface area (Å²) in [4.78, 5) is 1.20. The molecule has 0 saturated heterocycles. The number of amidine groups is 1. The number of nitrogens with zero attached hydrogens (tertiary/aromatic N) is 2. The van der Waals surface area contributed by atoms with Crippen molar-refractivity contribution in [1.82, 2.24) is 10.3 Å². The Morgan fingerprint density at radius 2 is 2.15 bits per heavy atom. The highest BCUT2D eigenvalue weighted by Gasteiger charge is 2.42. The van der Waals surface area contributed by atoms with Crippen molar-refractivity contribution < 1.29 is 13.2 Å². The first kappa shape index (κ1) is 10.1. The van der Waals surface area contributed by atoms with Crippen molar-refractivity contribution in [3.63, 3.8) is 0 Å². The molecule has 0 bridgehead atoms. The van der Waals surface area contributed by atoms with E-state index in [0.29, 0.717) is 6.54 Å². The predicted molar refractivity (Wildman–Crippen MR) is 43.0 cm³/mol. The minimum atomic E-state index is -4.35. The van der Waals surface area contributed by atoms with Crippen LogP contribution in [0.3, 0.4) is 0 Å². The highest BCUT2D eigenvalue weighted by atomic mass is 19.4. The van der Waals surface area contributed by atoms with Gasteiger partial charge in [-0.2, -0.15) is 18.3 Å². The Labute approximate surface area is 74.6 Å². The standard InChI is InChI=1S/C7H12F3N3/c1-5(2)3-13-4-11-12-6(13)7(8,9)10/h5,11H,3-4H2,1-2H3. The van der Waals surface area contributed by atoms with Crippen LogP contribution in [0.4, 0.5) is 13.2 Å². The lowest BCUT2D eigenvalue weighted by Crippen LogP contribution is -2.40. The zero-order valence-corrected chi connectivity index (χ0v) is 7.52. The Bertz CT molecular complexity index is 210. The second-order valence-electron chi connectivity index (χ2n) is 3.37. The van der Waals surface area contributed by atoms with Gasteiger partial charge in [0.2, 0.25) is 5.84 Å². The Hall–Kier alpha value is -0.940. The van der Waals surface area contributed by atoms with Crippen LogP contribution in [-0.2, 0) is 0 Å². The van der Waals surface area contributed by atoms with Gasteiger partial charge in [0.15, 0.2) is 0 Å². The van der Waals surface area contributed by atoms with Crippen molar-refractivity contribution in [2.75, 3.05) is 13.2 Å². The first-order chi connectivity index (χ1) is 5.91. The summed E-state index contributed by atoms with van der Waals surface area (Å²) in [6, 6.07) is 0. The van der Waals surface area contributed by atoms with Crippen LogP contribution in [0.5, 0.6) is 0 Å². The molecule has 1 N–H and O–H groups in total. The van der Waals surface area contributed by atoms with Gasteiger partial charge in [0.1, 0.15) is 6.67 Å². The van der Waals surface area contributed by atoms with E-state index in [2.05, 4.69) is 10.5 Å². The third kappa shape index (κ3) is 2.50. The van der Waals surface area contributed by atoms with Crippen LogP contribution in [0, 0.1) is 5.92 Å². The maximum atomic E-state index is 12.2. The van der Waals surface area contributed by atoms with E-state index in [1.165, 1.54) is 4.90 Å². The maximum Gasteiger partial charge on any atom is 0.451 e. The highest BCUT2D eigenvalue weighted by Crippen LogP contribution is 2.22. The summed E-state index contributed by atoms with van der Waals surface area (Å²) in [7, 11) is 0. The van der Waals surface area contributed by atoms with Crippen LogP contribution in [-0.4, -0.2) is 30.1 Å². The number of rotatable bonds is 2. The van der Waals surface area contributed by atoms with E-state index in [4.69, 9.17) is 0 Å².